The Labute approximate surface area is 121 Å². The van der Waals surface area contributed by atoms with Crippen LogP contribution >= 0.6 is 0 Å². The van der Waals surface area contributed by atoms with Gasteiger partial charge in [0.1, 0.15) is 17.5 Å². The molecular weight excluding hydrogens is 252 g/mol. The number of aromatic nitrogens is 2. The van der Waals surface area contributed by atoms with E-state index in [1.165, 1.54) is 12.8 Å². The van der Waals surface area contributed by atoms with E-state index >= 15 is 0 Å². The maximum absolute atomic E-state index is 10.2. The Balaban J connectivity index is 2.12. The van der Waals surface area contributed by atoms with Crippen LogP contribution in [0.1, 0.15) is 51.8 Å². The zero-order valence-electron chi connectivity index (χ0n) is 12.5. The van der Waals surface area contributed by atoms with E-state index in [9.17, 15) is 5.11 Å². The zero-order chi connectivity index (χ0) is 14.4. The van der Waals surface area contributed by atoms with Gasteiger partial charge >= 0.3 is 0 Å². The van der Waals surface area contributed by atoms with Gasteiger partial charge in [0.15, 0.2) is 0 Å². The molecule has 1 saturated carbocycles. The third-order valence-electron chi connectivity index (χ3n) is 3.76. The topological polar surface area (TPSA) is 70.1 Å². The summed E-state index contributed by atoms with van der Waals surface area (Å²) in [7, 11) is 0. The summed E-state index contributed by atoms with van der Waals surface area (Å²) in [5, 5.41) is 16.8. The Hall–Kier alpha value is -1.36. The van der Waals surface area contributed by atoms with E-state index < -0.39 is 0 Å². The fourth-order valence-corrected chi connectivity index (χ4v) is 2.65. The number of rotatable bonds is 5. The van der Waals surface area contributed by atoms with Crippen LogP contribution < -0.4 is 10.6 Å². The first-order valence-corrected chi connectivity index (χ1v) is 7.79. The van der Waals surface area contributed by atoms with E-state index in [2.05, 4.69) is 34.4 Å². The highest BCUT2D eigenvalue weighted by atomic mass is 16.3. The minimum Gasteiger partial charge on any atom is -0.391 e. The van der Waals surface area contributed by atoms with Gasteiger partial charge < -0.3 is 15.7 Å². The quantitative estimate of drug-likeness (QED) is 0.722. The van der Waals surface area contributed by atoms with Crippen molar-refractivity contribution in [2.45, 2.75) is 64.5 Å². The monoisotopic (exact) mass is 278 g/mol. The standard InChI is InChI=1S/C15H26N4O/c1-3-13-18-14(16-4-2)10-15(19-13)17-11-8-6-5-7-9-12(11)20/h10-12,20H,3-9H2,1-2H3,(H2,16,17,18,19). The highest BCUT2D eigenvalue weighted by Crippen LogP contribution is 2.22. The molecule has 1 aliphatic carbocycles. The SMILES string of the molecule is CCNc1cc(NC2CCCCCC2O)nc(CC)n1. The molecule has 0 spiro atoms. The molecule has 0 radical (unpaired) electrons. The van der Waals surface area contributed by atoms with E-state index in [-0.39, 0.29) is 12.1 Å². The third-order valence-corrected chi connectivity index (χ3v) is 3.76. The molecule has 2 unspecified atom stereocenters. The first-order chi connectivity index (χ1) is 9.72. The predicted molar refractivity (Wildman–Crippen MR) is 82.1 cm³/mol. The van der Waals surface area contributed by atoms with Crippen molar-refractivity contribution in [2.24, 2.45) is 0 Å². The molecule has 1 aromatic heterocycles. The van der Waals surface area contributed by atoms with Crippen LogP contribution in [0.3, 0.4) is 0 Å². The highest BCUT2D eigenvalue weighted by molar-refractivity contribution is 5.48. The van der Waals surface area contributed by atoms with Gasteiger partial charge in [0.25, 0.3) is 0 Å². The van der Waals surface area contributed by atoms with E-state index in [1.54, 1.807) is 0 Å². The molecular formula is C15H26N4O. The molecule has 0 amide bonds. The molecule has 5 nitrogen and oxygen atoms in total. The van der Waals surface area contributed by atoms with Crippen molar-refractivity contribution in [3.05, 3.63) is 11.9 Å². The first kappa shape index (κ1) is 15.0. The lowest BCUT2D eigenvalue weighted by Gasteiger charge is -2.22. The van der Waals surface area contributed by atoms with Crippen LogP contribution in [0.25, 0.3) is 0 Å². The molecule has 2 rings (SSSR count). The predicted octanol–water partition coefficient (Wildman–Crippen LogP) is 2.58. The molecule has 1 aliphatic rings. The molecule has 20 heavy (non-hydrogen) atoms. The molecule has 3 N–H and O–H groups in total. The smallest absolute Gasteiger partial charge is 0.132 e. The summed E-state index contributed by atoms with van der Waals surface area (Å²) in [6.45, 7) is 4.94. The number of nitrogens with one attached hydrogen (secondary N) is 2. The molecule has 0 aromatic carbocycles. The van der Waals surface area contributed by atoms with E-state index in [1.807, 2.05) is 6.07 Å². The van der Waals surface area contributed by atoms with Gasteiger partial charge in [-0.1, -0.05) is 26.2 Å². The van der Waals surface area contributed by atoms with Crippen molar-refractivity contribution in [3.8, 4) is 0 Å². The molecule has 0 aliphatic heterocycles. The number of nitrogens with zero attached hydrogens (tertiary/aromatic N) is 2. The zero-order valence-corrected chi connectivity index (χ0v) is 12.5. The summed E-state index contributed by atoms with van der Waals surface area (Å²) in [5.41, 5.74) is 0. The second kappa shape index (κ2) is 7.43. The van der Waals surface area contributed by atoms with Gasteiger partial charge in [-0.15, -0.1) is 0 Å². The molecule has 1 fully saturated rings. The van der Waals surface area contributed by atoms with Crippen molar-refractivity contribution in [2.75, 3.05) is 17.2 Å². The van der Waals surface area contributed by atoms with Crippen molar-refractivity contribution < 1.29 is 5.11 Å². The lowest BCUT2D eigenvalue weighted by Crippen LogP contribution is -2.33. The number of hydrogen-bond donors (Lipinski definition) is 3. The van der Waals surface area contributed by atoms with Crippen molar-refractivity contribution in [3.63, 3.8) is 0 Å². The molecule has 112 valence electrons. The van der Waals surface area contributed by atoms with Gasteiger partial charge in [-0.05, 0) is 19.8 Å². The van der Waals surface area contributed by atoms with Crippen LogP contribution in [-0.2, 0) is 6.42 Å². The Bertz CT molecular complexity index is 424. The van der Waals surface area contributed by atoms with Crippen LogP contribution in [0, 0.1) is 0 Å². The summed E-state index contributed by atoms with van der Waals surface area (Å²) >= 11 is 0. The molecule has 0 saturated heterocycles. The summed E-state index contributed by atoms with van der Waals surface area (Å²) in [4.78, 5) is 8.97. The van der Waals surface area contributed by atoms with Gasteiger partial charge in [0.2, 0.25) is 0 Å². The second-order valence-corrected chi connectivity index (χ2v) is 5.39. The Morgan fingerprint density at radius 1 is 1.15 bits per heavy atom. The van der Waals surface area contributed by atoms with Crippen molar-refractivity contribution in [1.29, 1.82) is 0 Å². The number of anilines is 2. The van der Waals surface area contributed by atoms with Gasteiger partial charge in [0.05, 0.1) is 12.1 Å². The number of aliphatic hydroxyl groups is 1. The number of aliphatic hydroxyl groups excluding tert-OH is 1. The van der Waals surface area contributed by atoms with E-state index in [0.717, 1.165) is 49.7 Å². The Kier molecular flexibility index (Phi) is 5.59. The van der Waals surface area contributed by atoms with E-state index in [4.69, 9.17) is 0 Å². The Morgan fingerprint density at radius 2 is 1.90 bits per heavy atom. The van der Waals surface area contributed by atoms with Gasteiger partial charge in [-0.3, -0.25) is 0 Å². The minimum atomic E-state index is -0.278. The number of aryl methyl sites for hydroxylation is 1. The number of hydrogen-bond acceptors (Lipinski definition) is 5. The van der Waals surface area contributed by atoms with Crippen LogP contribution in [0.15, 0.2) is 6.07 Å². The lowest BCUT2D eigenvalue weighted by atomic mass is 10.1. The van der Waals surface area contributed by atoms with Gasteiger partial charge in [0, 0.05) is 19.0 Å². The van der Waals surface area contributed by atoms with Crippen LogP contribution in [0.5, 0.6) is 0 Å². The maximum atomic E-state index is 10.2. The summed E-state index contributed by atoms with van der Waals surface area (Å²) in [6, 6.07) is 2.03. The van der Waals surface area contributed by atoms with Crippen LogP contribution in [0.2, 0.25) is 0 Å². The van der Waals surface area contributed by atoms with Gasteiger partial charge in [-0.25, -0.2) is 9.97 Å². The first-order valence-electron chi connectivity index (χ1n) is 7.79. The summed E-state index contributed by atoms with van der Waals surface area (Å²) in [6.07, 6.45) is 5.90. The molecule has 1 heterocycles. The average Bonchev–Trinajstić information content (AvgIpc) is 2.64. The average molecular weight is 278 g/mol. The third kappa shape index (κ3) is 4.07. The highest BCUT2D eigenvalue weighted by Gasteiger charge is 2.22. The van der Waals surface area contributed by atoms with Crippen LogP contribution in [0.4, 0.5) is 11.6 Å². The summed E-state index contributed by atoms with van der Waals surface area (Å²) in [5.74, 6) is 2.50. The van der Waals surface area contributed by atoms with Gasteiger partial charge in [-0.2, -0.15) is 0 Å². The molecule has 0 bridgehead atoms. The van der Waals surface area contributed by atoms with Crippen LogP contribution in [-0.4, -0.2) is 33.8 Å². The maximum Gasteiger partial charge on any atom is 0.132 e. The Morgan fingerprint density at radius 3 is 2.65 bits per heavy atom. The molecule has 5 heteroatoms. The normalized spacial score (nSPS) is 23.1. The fraction of sp³-hybridized carbons (Fsp3) is 0.733. The minimum absolute atomic E-state index is 0.103. The molecule has 2 atom stereocenters. The second-order valence-electron chi connectivity index (χ2n) is 5.39. The fourth-order valence-electron chi connectivity index (χ4n) is 2.65. The lowest BCUT2D eigenvalue weighted by molar-refractivity contribution is 0.144. The van der Waals surface area contributed by atoms with Crippen molar-refractivity contribution >= 4 is 11.6 Å². The largest absolute Gasteiger partial charge is 0.391 e. The van der Waals surface area contributed by atoms with Crippen molar-refractivity contribution in [1.82, 2.24) is 9.97 Å². The van der Waals surface area contributed by atoms with E-state index in [0.29, 0.717) is 0 Å². The molecule has 1 aromatic rings. The summed E-state index contributed by atoms with van der Waals surface area (Å²) < 4.78 is 0.